The molecule has 0 saturated carbocycles. The molecule has 34 heavy (non-hydrogen) atoms. The number of alkyl halides is 3. The number of hydrogen-bond acceptors (Lipinski definition) is 4. The van der Waals surface area contributed by atoms with Crippen molar-refractivity contribution in [3.8, 4) is 0 Å². The van der Waals surface area contributed by atoms with Gasteiger partial charge >= 0.3 is 6.18 Å². The number of anilines is 2. The van der Waals surface area contributed by atoms with Gasteiger partial charge in [0, 0.05) is 9.50 Å². The lowest BCUT2D eigenvalue weighted by Gasteiger charge is -2.29. The molecule has 5 rings (SSSR count). The number of nitrogens with zero attached hydrogens (tertiary/aromatic N) is 2. The summed E-state index contributed by atoms with van der Waals surface area (Å²) in [5.74, 6) is -2.32. The minimum atomic E-state index is -4.61. The van der Waals surface area contributed by atoms with Crippen LogP contribution in [0.1, 0.15) is 17.2 Å². The van der Waals surface area contributed by atoms with Gasteiger partial charge in [0.25, 0.3) is 5.91 Å². The van der Waals surface area contributed by atoms with E-state index in [9.17, 15) is 22.8 Å². The Morgan fingerprint density at radius 3 is 2.24 bits per heavy atom. The van der Waals surface area contributed by atoms with Crippen LogP contribution in [0.2, 0.25) is 5.02 Å². The Morgan fingerprint density at radius 1 is 0.882 bits per heavy atom. The highest BCUT2D eigenvalue weighted by molar-refractivity contribution is 9.10. The van der Waals surface area contributed by atoms with Gasteiger partial charge in [-0.3, -0.25) is 14.4 Å². The maximum absolute atomic E-state index is 13.5. The van der Waals surface area contributed by atoms with Gasteiger partial charge in [0.2, 0.25) is 5.91 Å². The summed E-state index contributed by atoms with van der Waals surface area (Å²) in [4.78, 5) is 33.6. The van der Waals surface area contributed by atoms with E-state index in [-0.39, 0.29) is 5.69 Å². The van der Waals surface area contributed by atoms with E-state index in [1.807, 2.05) is 6.07 Å². The fourth-order valence-electron chi connectivity index (χ4n) is 4.33. The van der Waals surface area contributed by atoms with Gasteiger partial charge in [-0.15, -0.1) is 0 Å². The van der Waals surface area contributed by atoms with Crippen molar-refractivity contribution >= 4 is 50.7 Å². The summed E-state index contributed by atoms with van der Waals surface area (Å²) in [5, 5.41) is 2.00. The minimum absolute atomic E-state index is 0.147. The predicted molar refractivity (Wildman–Crippen MR) is 123 cm³/mol. The molecule has 2 fully saturated rings. The molecule has 3 aromatic carbocycles. The van der Waals surface area contributed by atoms with Crippen molar-refractivity contribution in [1.29, 1.82) is 0 Å². The van der Waals surface area contributed by atoms with Crippen LogP contribution in [0.15, 0.2) is 77.3 Å². The number of carbonyl (C=O) groups is 2. The van der Waals surface area contributed by atoms with Gasteiger partial charge < -0.3 is 0 Å². The van der Waals surface area contributed by atoms with Crippen molar-refractivity contribution in [2.24, 2.45) is 5.92 Å². The van der Waals surface area contributed by atoms with Crippen molar-refractivity contribution in [1.82, 2.24) is 0 Å². The van der Waals surface area contributed by atoms with Crippen molar-refractivity contribution < 1.29 is 27.6 Å². The van der Waals surface area contributed by atoms with E-state index in [1.54, 1.807) is 42.5 Å². The summed E-state index contributed by atoms with van der Waals surface area (Å²) >= 11 is 9.45. The number of carbonyl (C=O) groups excluding carboxylic acids is 2. The molecule has 174 valence electrons. The molecule has 0 aliphatic carbocycles. The number of hydrogen-bond donors (Lipinski definition) is 0. The van der Waals surface area contributed by atoms with Crippen LogP contribution in [0, 0.1) is 5.92 Å². The summed E-state index contributed by atoms with van der Waals surface area (Å²) in [7, 11) is 0. The number of rotatable bonds is 3. The average Bonchev–Trinajstić information content (AvgIpc) is 3.30. The third-order valence-corrected chi connectivity index (χ3v) is 6.57. The molecule has 3 aromatic rings. The molecule has 2 aliphatic rings. The summed E-state index contributed by atoms with van der Waals surface area (Å²) < 4.78 is 40.5. The molecule has 2 heterocycles. The number of amides is 2. The van der Waals surface area contributed by atoms with Gasteiger partial charge in [0.1, 0.15) is 5.92 Å². The van der Waals surface area contributed by atoms with Crippen LogP contribution >= 0.6 is 27.5 Å². The number of imide groups is 1. The standard InChI is InChI=1S/C24H15BrClF3N2O3/c25-15-4-2-6-18(12-15)31-20(13-7-9-16(26)10-8-13)19-21(34-31)23(33)30(22(19)32)17-5-1-3-14(11-17)24(27,28)29/h1-12,19-21H. The smallest absolute Gasteiger partial charge is 0.273 e. The maximum Gasteiger partial charge on any atom is 0.416 e. The molecule has 0 N–H and O–H groups in total. The largest absolute Gasteiger partial charge is 0.416 e. The fraction of sp³-hybridized carbons (Fsp3) is 0.167. The highest BCUT2D eigenvalue weighted by atomic mass is 79.9. The molecule has 2 amide bonds. The van der Waals surface area contributed by atoms with Gasteiger partial charge in [0.05, 0.1) is 23.0 Å². The zero-order chi connectivity index (χ0) is 24.2. The zero-order valence-corrected chi connectivity index (χ0v) is 19.5. The second kappa shape index (κ2) is 8.41. The van der Waals surface area contributed by atoms with Gasteiger partial charge in [-0.05, 0) is 54.1 Å². The van der Waals surface area contributed by atoms with Crippen LogP contribution in [-0.2, 0) is 20.6 Å². The summed E-state index contributed by atoms with van der Waals surface area (Å²) in [6.07, 6.45) is -5.81. The fourth-order valence-corrected chi connectivity index (χ4v) is 4.84. The number of hydroxylamine groups is 1. The number of halogens is 5. The molecule has 0 spiro atoms. The van der Waals surface area contributed by atoms with Crippen LogP contribution < -0.4 is 9.96 Å². The Kier molecular flexibility index (Phi) is 5.66. The normalized spacial score (nSPS) is 22.4. The molecule has 3 unspecified atom stereocenters. The lowest BCUT2D eigenvalue weighted by molar-refractivity contribution is -0.137. The van der Waals surface area contributed by atoms with E-state index in [2.05, 4.69) is 15.9 Å². The SMILES string of the molecule is O=C1C2ON(c3cccc(Br)c3)C(c3ccc(Cl)cc3)C2C(=O)N1c1cccc(C(F)(F)F)c1. The first-order valence-corrected chi connectivity index (χ1v) is 11.3. The Labute approximate surface area is 205 Å². The Bertz CT molecular complexity index is 1280. The molecule has 0 radical (unpaired) electrons. The summed E-state index contributed by atoms with van der Waals surface area (Å²) in [6, 6.07) is 17.4. The van der Waals surface area contributed by atoms with Gasteiger partial charge in [-0.2, -0.15) is 13.2 Å². The third-order valence-electron chi connectivity index (χ3n) is 5.82. The topological polar surface area (TPSA) is 49.9 Å². The molecular weight excluding hydrogens is 537 g/mol. The number of benzene rings is 3. The second-order valence-electron chi connectivity index (χ2n) is 7.91. The van der Waals surface area contributed by atoms with E-state index in [4.69, 9.17) is 16.4 Å². The van der Waals surface area contributed by atoms with Crippen molar-refractivity contribution in [3.05, 3.63) is 93.4 Å². The lowest BCUT2D eigenvalue weighted by atomic mass is 9.90. The third kappa shape index (κ3) is 3.87. The van der Waals surface area contributed by atoms with E-state index >= 15 is 0 Å². The Morgan fingerprint density at radius 2 is 1.56 bits per heavy atom. The van der Waals surface area contributed by atoms with Crippen molar-refractivity contribution in [2.45, 2.75) is 18.3 Å². The lowest BCUT2D eigenvalue weighted by Crippen LogP contribution is -2.37. The first-order valence-electron chi connectivity index (χ1n) is 10.2. The van der Waals surface area contributed by atoms with Gasteiger partial charge in [-0.25, -0.2) is 9.96 Å². The van der Waals surface area contributed by atoms with Crippen molar-refractivity contribution in [3.63, 3.8) is 0 Å². The molecule has 10 heteroatoms. The van der Waals surface area contributed by atoms with Gasteiger partial charge in [0.15, 0.2) is 6.10 Å². The molecule has 3 atom stereocenters. The van der Waals surface area contributed by atoms with Crippen LogP contribution in [0.4, 0.5) is 24.5 Å². The van der Waals surface area contributed by atoms with Crippen LogP contribution in [-0.4, -0.2) is 17.9 Å². The molecule has 0 bridgehead atoms. The van der Waals surface area contributed by atoms with Crippen LogP contribution in [0.5, 0.6) is 0 Å². The predicted octanol–water partition coefficient (Wildman–Crippen LogP) is 6.17. The average molecular weight is 552 g/mol. The molecular formula is C24H15BrClF3N2O3. The molecule has 0 aromatic heterocycles. The number of fused-ring (bicyclic) bond motifs is 1. The highest BCUT2D eigenvalue weighted by Gasteiger charge is 2.60. The molecule has 2 aliphatic heterocycles. The molecule has 2 saturated heterocycles. The van der Waals surface area contributed by atoms with Crippen LogP contribution in [0.25, 0.3) is 0 Å². The zero-order valence-electron chi connectivity index (χ0n) is 17.2. The summed E-state index contributed by atoms with van der Waals surface area (Å²) in [6.45, 7) is 0. The van der Waals surface area contributed by atoms with Crippen molar-refractivity contribution in [2.75, 3.05) is 9.96 Å². The van der Waals surface area contributed by atoms with Crippen LogP contribution in [0.3, 0.4) is 0 Å². The quantitative estimate of drug-likeness (QED) is 0.365. The monoisotopic (exact) mass is 550 g/mol. The van der Waals surface area contributed by atoms with E-state index in [1.165, 1.54) is 11.1 Å². The maximum atomic E-state index is 13.5. The van der Waals surface area contributed by atoms with E-state index in [0.29, 0.717) is 16.3 Å². The summed E-state index contributed by atoms with van der Waals surface area (Å²) in [5.41, 5.74) is 0.180. The minimum Gasteiger partial charge on any atom is -0.273 e. The van der Waals surface area contributed by atoms with E-state index in [0.717, 1.165) is 27.6 Å². The highest BCUT2D eigenvalue weighted by Crippen LogP contribution is 2.48. The Balaban J connectivity index is 1.57. The first-order chi connectivity index (χ1) is 16.1. The van der Waals surface area contributed by atoms with E-state index < -0.39 is 41.6 Å². The first kappa shape index (κ1) is 22.9. The Hall–Kier alpha value is -2.88. The molecule has 5 nitrogen and oxygen atoms in total. The second-order valence-corrected chi connectivity index (χ2v) is 9.27. The van der Waals surface area contributed by atoms with Gasteiger partial charge in [-0.1, -0.05) is 51.8 Å².